The minimum atomic E-state index is -3.92. The number of hydrogen-bond donors (Lipinski definition) is 2. The van der Waals surface area contributed by atoms with Crippen molar-refractivity contribution in [2.45, 2.75) is 52.1 Å². The lowest BCUT2D eigenvalue weighted by molar-refractivity contribution is 0.0805. The summed E-state index contributed by atoms with van der Waals surface area (Å²) < 4.78 is 150. The average molecular weight is 1600 g/mol. The van der Waals surface area contributed by atoms with E-state index in [1.54, 1.807) is 96.4 Å². The molecule has 0 saturated heterocycles. The Morgan fingerprint density at radius 1 is 0.425 bits per heavy atom. The molecule has 0 fully saturated rings. The summed E-state index contributed by atoms with van der Waals surface area (Å²) in [4.78, 5) is 57.7. The molecule has 6 heterocycles. The first-order valence-electron chi connectivity index (χ1n) is 35.3. The molecule has 32 heteroatoms. The summed E-state index contributed by atoms with van der Waals surface area (Å²) in [6.45, 7) is 0.874. The zero-order chi connectivity index (χ0) is 81.4. The fourth-order valence-corrected chi connectivity index (χ4v) is 16.4. The first-order valence-corrected chi connectivity index (χ1v) is 39.5. The van der Waals surface area contributed by atoms with Crippen LogP contribution in [0, 0.1) is 17.5 Å². The third-order valence-corrected chi connectivity index (χ3v) is 24.8. The molecule has 0 aliphatic carbocycles. The highest BCUT2D eigenvalue weighted by atomic mass is 32.2. The Hall–Kier alpha value is -11.7. The lowest BCUT2D eigenvalue weighted by Gasteiger charge is -2.27. The van der Waals surface area contributed by atoms with Crippen molar-refractivity contribution in [3.63, 3.8) is 0 Å². The number of hydrogen-bond acceptors (Lipinski definition) is 17. The van der Waals surface area contributed by atoms with E-state index >= 15 is 0 Å². The second-order valence-corrected chi connectivity index (χ2v) is 33.9. The molecule has 11 aromatic rings. The van der Waals surface area contributed by atoms with Gasteiger partial charge in [0.1, 0.15) is 58.7 Å². The number of ether oxygens (including phenoxy) is 4. The largest absolute Gasteiger partial charge is 0.505 e. The van der Waals surface area contributed by atoms with Gasteiger partial charge >= 0.3 is 30.6 Å². The van der Waals surface area contributed by atoms with E-state index < -0.39 is 36.5 Å². The number of carbonyl (C=O) groups excluding carboxylic acids is 3. The first kappa shape index (κ1) is 80.8. The Kier molecular flexibility index (Phi) is 23.3. The third kappa shape index (κ3) is 16.2. The summed E-state index contributed by atoms with van der Waals surface area (Å²) in [5, 5.41) is 12.3. The number of halogens is 3. The molecule has 0 saturated carbocycles. The van der Waals surface area contributed by atoms with Crippen LogP contribution in [0.4, 0.5) is 30.2 Å². The van der Waals surface area contributed by atoms with E-state index in [1.807, 2.05) is 60.7 Å². The molecule has 0 unspecified atom stereocenters. The number of carbonyl (C=O) groups is 3. The highest BCUT2D eigenvalue weighted by Crippen LogP contribution is 2.49. The van der Waals surface area contributed by atoms with E-state index in [4.69, 9.17) is 28.9 Å². The topological polar surface area (TPSA) is 287 Å². The Labute approximate surface area is 653 Å². The van der Waals surface area contributed by atoms with Crippen LogP contribution in [-0.4, -0.2) is 178 Å². The van der Waals surface area contributed by atoms with Crippen LogP contribution in [0.2, 0.25) is 0 Å². The number of rotatable bonds is 23. The zero-order valence-electron chi connectivity index (χ0n) is 64.2. The molecule has 3 aliphatic heterocycles. The lowest BCUT2D eigenvalue weighted by Crippen LogP contribution is -2.38. The van der Waals surface area contributed by atoms with Gasteiger partial charge in [0.15, 0.2) is 17.2 Å². The van der Waals surface area contributed by atoms with Gasteiger partial charge in [0.25, 0.3) is 17.7 Å². The number of amides is 3. The summed E-state index contributed by atoms with van der Waals surface area (Å²) in [5.74, 6) is -0.202. The Morgan fingerprint density at radius 2 is 0.717 bits per heavy atom. The second-order valence-electron chi connectivity index (χ2n) is 27.7. The number of phenols is 1. The van der Waals surface area contributed by atoms with Crippen molar-refractivity contribution < 1.29 is 76.9 Å². The first-order chi connectivity index (χ1) is 53.6. The molecule has 0 atom stereocenters. The summed E-state index contributed by atoms with van der Waals surface area (Å²) in [7, 11) is 7.78. The summed E-state index contributed by atoms with van der Waals surface area (Å²) in [6, 6.07) is 38.6. The number of aromatic nitrogens is 3. The number of methoxy groups -OCH3 is 2. The highest BCUT2D eigenvalue weighted by Gasteiger charge is 2.41. The number of nitrogens with one attached hydrogen (secondary N) is 1. The molecule has 590 valence electrons. The number of nitrogens with zero attached hydrogens (tertiary/aromatic N) is 11. The number of pyridine rings is 3. The highest BCUT2D eigenvalue weighted by molar-refractivity contribution is 7.91. The fourth-order valence-electron chi connectivity index (χ4n) is 13.8. The molecule has 0 bridgehead atoms. The van der Waals surface area contributed by atoms with Gasteiger partial charge in [-0.25, -0.2) is 17.9 Å². The van der Waals surface area contributed by atoms with Crippen LogP contribution < -0.4 is 36.6 Å². The standard InChI is InChI=1S/C30H31FN4O5S.C29H29FN4O5S.C22H23FN4O4S/c1-33(2)41(37,38)35(4)28-24-15-21(14-19-6-10-22(31)11-7-19)16-32-27(24)29(26-25(28)17-34(3)30(26)36)40-18-20-8-12-23(39-5)13-9-20;1-31-40(36,37)34(3)27-23-14-20(13-18-5-9-21(30)10-6-18)15-32-26(23)28(25-24(27)16-33(2)29(25)35)39-17-19-7-11-22(38-4)12-8-19;1-25(2)32(30,31)27(4)20-16-10-14(9-13-5-7-15(23)8-6-13)11-24-19(16)21(28)18-17(20)12-26(3)22(18)29/h6-13,15-16H,14,17-18H2,1-5H3;5-12,14-15,31H,13,16-17H2,1-4H3;5-8,10-11,28H,9,12H2,1-4H3. The lowest BCUT2D eigenvalue weighted by atomic mass is 9.98. The van der Waals surface area contributed by atoms with Crippen molar-refractivity contribution in [3.8, 4) is 28.7 Å². The minimum absolute atomic E-state index is 0.0644. The van der Waals surface area contributed by atoms with Gasteiger partial charge in [-0.05, 0) is 143 Å². The number of fused-ring (bicyclic) bond motifs is 6. The zero-order valence-corrected chi connectivity index (χ0v) is 66.6. The molecule has 113 heavy (non-hydrogen) atoms. The molecule has 26 nitrogen and oxygen atoms in total. The quantitative estimate of drug-likeness (QED) is 0.0602. The van der Waals surface area contributed by atoms with Crippen molar-refractivity contribution in [2.75, 3.05) is 105 Å². The SMILES string of the molecule is CN1Cc2c(c(O)c3ncc(Cc4ccc(F)cc4)cc3c2N(C)S(=O)(=O)N(C)C)C1=O.CNS(=O)(=O)N(C)c1c2c(c(OCc3ccc(OC)cc3)c3ncc(Cc4ccc(F)cc4)cc13)C(=O)N(C)C2.COc1ccc(COc2c3c(c(N(C)S(=O)(=O)N(C)C)c4cc(Cc5ccc(F)cc5)cnc24)CN(C)C3=O)cc1. The number of aromatic hydroxyl groups is 1. The van der Waals surface area contributed by atoms with Gasteiger partial charge in [0, 0.05) is 149 Å². The Balaban J connectivity index is 0.000000158. The second kappa shape index (κ2) is 32.6. The third-order valence-electron chi connectivity index (χ3n) is 19.8. The van der Waals surface area contributed by atoms with Crippen LogP contribution in [0.15, 0.2) is 158 Å². The molecule has 2 N–H and O–H groups in total. The van der Waals surface area contributed by atoms with E-state index in [2.05, 4.69) is 9.71 Å². The van der Waals surface area contributed by atoms with Gasteiger partial charge in [-0.2, -0.15) is 33.9 Å². The van der Waals surface area contributed by atoms with Crippen LogP contribution in [0.3, 0.4) is 0 Å². The maximum atomic E-state index is 13.5. The maximum Gasteiger partial charge on any atom is 0.303 e. The van der Waals surface area contributed by atoms with Crippen LogP contribution in [0.5, 0.6) is 28.7 Å². The summed E-state index contributed by atoms with van der Waals surface area (Å²) >= 11 is 0. The Morgan fingerprint density at radius 3 is 1.04 bits per heavy atom. The van der Waals surface area contributed by atoms with E-state index in [9.17, 15) is 57.9 Å². The van der Waals surface area contributed by atoms with Crippen molar-refractivity contribution in [1.29, 1.82) is 0 Å². The predicted octanol–water partition coefficient (Wildman–Crippen LogP) is 10.9. The van der Waals surface area contributed by atoms with Gasteiger partial charge in [-0.1, -0.05) is 60.7 Å². The molecule has 14 rings (SSSR count). The van der Waals surface area contributed by atoms with Crippen molar-refractivity contribution in [3.05, 3.63) is 253 Å². The fraction of sp³-hybridized carbons (Fsp3) is 0.259. The summed E-state index contributed by atoms with van der Waals surface area (Å²) in [6.07, 6.45) is 6.23. The normalized spacial score (nSPS) is 13.3. The van der Waals surface area contributed by atoms with Crippen molar-refractivity contribution in [1.82, 2.24) is 43.0 Å². The average Bonchev–Trinajstić information content (AvgIpc) is 1.68. The Bertz CT molecular complexity index is 5900. The minimum Gasteiger partial charge on any atom is -0.505 e. The monoisotopic (exact) mass is 1600 g/mol. The van der Waals surface area contributed by atoms with Crippen LogP contribution >= 0.6 is 0 Å². The number of anilines is 3. The molecule has 3 aliphatic rings. The van der Waals surface area contributed by atoms with E-state index in [0.717, 1.165) is 61.7 Å². The molecule has 3 amide bonds. The summed E-state index contributed by atoms with van der Waals surface area (Å²) in [5.41, 5.74) is 10.7. The van der Waals surface area contributed by atoms with Crippen molar-refractivity contribution in [2.24, 2.45) is 0 Å². The van der Waals surface area contributed by atoms with Gasteiger partial charge in [0.05, 0.1) is 48.0 Å². The maximum absolute atomic E-state index is 13.5. The molecular formula is C81H83F3N12O14S3. The van der Waals surface area contributed by atoms with Gasteiger partial charge in [-0.3, -0.25) is 42.3 Å². The van der Waals surface area contributed by atoms with E-state index in [0.29, 0.717) is 109 Å². The van der Waals surface area contributed by atoms with Gasteiger partial charge in [-0.15, -0.1) is 0 Å². The van der Waals surface area contributed by atoms with Crippen LogP contribution in [-0.2, 0) is 82.7 Å². The van der Waals surface area contributed by atoms with Crippen LogP contribution in [0.25, 0.3) is 32.7 Å². The smallest absolute Gasteiger partial charge is 0.303 e. The molecule has 0 radical (unpaired) electrons. The predicted molar refractivity (Wildman–Crippen MR) is 425 cm³/mol. The number of benzene rings is 8. The molecular weight excluding hydrogens is 1520 g/mol. The molecule has 0 spiro atoms. The molecule has 3 aromatic heterocycles. The van der Waals surface area contributed by atoms with E-state index in [-0.39, 0.29) is 84.5 Å². The van der Waals surface area contributed by atoms with Gasteiger partial charge in [0.2, 0.25) is 0 Å². The number of phenolic OH excluding ortho intramolecular Hbond substituents is 1. The van der Waals surface area contributed by atoms with Crippen molar-refractivity contribution >= 4 is 98.1 Å². The van der Waals surface area contributed by atoms with Crippen LogP contribution in [0.1, 0.15) is 92.3 Å². The molecule has 8 aromatic carbocycles. The van der Waals surface area contributed by atoms with E-state index in [1.165, 1.54) is 112 Å². The van der Waals surface area contributed by atoms with Gasteiger partial charge < -0.3 is 38.8 Å².